The van der Waals surface area contributed by atoms with Crippen LogP contribution in [0.15, 0.2) is 67.4 Å². The number of phenols is 2. The predicted octanol–water partition coefficient (Wildman–Crippen LogP) is 3.72. The molecule has 0 radical (unpaired) electrons. The fourth-order valence-electron chi connectivity index (χ4n) is 2.95. The van der Waals surface area contributed by atoms with E-state index in [0.717, 1.165) is 5.52 Å². The summed E-state index contributed by atoms with van der Waals surface area (Å²) in [5, 5.41) is 19.1. The third-order valence-electron chi connectivity index (χ3n) is 4.78. The van der Waals surface area contributed by atoms with Crippen molar-refractivity contribution in [2.24, 2.45) is 0 Å². The Hall–Kier alpha value is -4.99. The number of carbonyl (C=O) groups is 2. The highest BCUT2D eigenvalue weighted by molar-refractivity contribution is 6.10. The number of aromatic amines is 1. The van der Waals surface area contributed by atoms with E-state index in [0.29, 0.717) is 28.3 Å². The number of allylic oxidation sites excluding steroid dienone is 2. The lowest BCUT2D eigenvalue weighted by atomic mass is 10.1. The Morgan fingerprint density at radius 2 is 1.44 bits per heavy atom. The van der Waals surface area contributed by atoms with Crippen molar-refractivity contribution in [3.8, 4) is 23.0 Å². The summed E-state index contributed by atoms with van der Waals surface area (Å²) in [4.78, 5) is 38.3. The van der Waals surface area contributed by atoms with Crippen LogP contribution in [0.1, 0.15) is 17.5 Å². The van der Waals surface area contributed by atoms with E-state index < -0.39 is 0 Å². The van der Waals surface area contributed by atoms with E-state index in [1.165, 1.54) is 44.8 Å². The molecule has 0 amide bonds. The zero-order valence-corrected chi connectivity index (χ0v) is 19.6. The number of hydrogen-bond donors (Lipinski definition) is 3. The van der Waals surface area contributed by atoms with Crippen molar-refractivity contribution in [3.63, 3.8) is 0 Å². The minimum absolute atomic E-state index is 0.00662. The fourth-order valence-corrected chi connectivity index (χ4v) is 2.95. The molecule has 0 spiro atoms. The number of benzene rings is 2. The molecule has 0 aliphatic carbocycles. The molecule has 2 aromatic carbocycles. The zero-order valence-electron chi connectivity index (χ0n) is 19.6. The number of rotatable bonds is 8. The van der Waals surface area contributed by atoms with Crippen LogP contribution >= 0.6 is 0 Å². The monoisotopic (exact) mass is 488 g/mol. The Balaban J connectivity index is 0.000000331. The molecule has 0 saturated carbocycles. The van der Waals surface area contributed by atoms with Gasteiger partial charge in [0.2, 0.25) is 0 Å². The summed E-state index contributed by atoms with van der Waals surface area (Å²) in [5.74, 6) is -0.0832. The van der Waals surface area contributed by atoms with Crippen LogP contribution in [0, 0.1) is 0 Å². The van der Waals surface area contributed by atoms with Crippen molar-refractivity contribution in [2.45, 2.75) is 6.42 Å². The van der Waals surface area contributed by atoms with Crippen molar-refractivity contribution >= 4 is 34.9 Å². The van der Waals surface area contributed by atoms with Crippen LogP contribution in [0.4, 0.5) is 0 Å². The molecule has 36 heavy (non-hydrogen) atoms. The van der Waals surface area contributed by atoms with Gasteiger partial charge in [0, 0.05) is 0 Å². The van der Waals surface area contributed by atoms with Gasteiger partial charge in [0.05, 0.1) is 33.2 Å². The largest absolute Gasteiger partial charge is 0.504 e. The van der Waals surface area contributed by atoms with Gasteiger partial charge in [-0.25, -0.2) is 15.0 Å². The molecule has 0 unspecified atom stereocenters. The van der Waals surface area contributed by atoms with E-state index in [2.05, 4.69) is 19.9 Å². The average Bonchev–Trinajstić information content (AvgIpc) is 3.37. The highest BCUT2D eigenvalue weighted by Gasteiger charge is 2.06. The summed E-state index contributed by atoms with van der Waals surface area (Å²) >= 11 is 0. The van der Waals surface area contributed by atoms with Crippen LogP contribution in [0.2, 0.25) is 0 Å². The van der Waals surface area contributed by atoms with Gasteiger partial charge in [-0.3, -0.25) is 9.59 Å². The first-order valence-corrected chi connectivity index (χ1v) is 10.6. The number of aromatic nitrogens is 4. The minimum Gasteiger partial charge on any atom is -0.504 e. The Labute approximate surface area is 206 Å². The number of H-pyrrole nitrogens is 1. The van der Waals surface area contributed by atoms with Crippen LogP contribution in [-0.4, -0.2) is 55.9 Å². The molecule has 184 valence electrons. The number of phenolic OH excluding ortho intramolecular Hbond substituents is 2. The summed E-state index contributed by atoms with van der Waals surface area (Å²) in [5.41, 5.74) is 2.91. The molecule has 2 heterocycles. The van der Waals surface area contributed by atoms with Crippen LogP contribution in [0.25, 0.3) is 23.3 Å². The SMILES string of the molecule is COc1cc(/C=C/C(=O)CC(=O)/C=C/c2ccc(O)c(OC)c2)ccc1O.c1ncc2[nH]cnc2n1. The standard InChI is InChI=1S/C21H20O6.C5H4N4/c1-26-20-11-14(5-9-18(20)24)3-7-16(22)13-17(23)8-4-15-6-10-19(25)21(12-15)27-2;1-4-5(8-2-6-1)9-3-7-4/h3-12,24-25H,13H2,1-2H3;1-3H,(H,6,7,8,9)/b7-3+,8-4+;. The number of fused-ring (bicyclic) bond motifs is 1. The van der Waals surface area contributed by atoms with Gasteiger partial charge in [-0.15, -0.1) is 0 Å². The Morgan fingerprint density at radius 3 is 1.94 bits per heavy atom. The van der Waals surface area contributed by atoms with E-state index in [1.807, 2.05) is 0 Å². The van der Waals surface area contributed by atoms with E-state index >= 15 is 0 Å². The highest BCUT2D eigenvalue weighted by atomic mass is 16.5. The van der Waals surface area contributed by atoms with Gasteiger partial charge in [-0.05, 0) is 47.5 Å². The van der Waals surface area contributed by atoms with Crippen LogP contribution in [0.5, 0.6) is 23.0 Å². The molecule has 2 aromatic heterocycles. The number of methoxy groups -OCH3 is 2. The summed E-state index contributed by atoms with van der Waals surface area (Å²) in [7, 11) is 2.87. The van der Waals surface area contributed by atoms with Crippen molar-refractivity contribution in [2.75, 3.05) is 14.2 Å². The maximum Gasteiger partial charge on any atom is 0.180 e. The molecule has 3 N–H and O–H groups in total. The normalized spacial score (nSPS) is 10.8. The molecule has 0 saturated heterocycles. The number of nitrogens with zero attached hydrogens (tertiary/aromatic N) is 3. The summed E-state index contributed by atoms with van der Waals surface area (Å²) in [6.07, 6.45) is 10.2. The number of aromatic hydroxyl groups is 2. The number of carbonyl (C=O) groups excluding carboxylic acids is 2. The van der Waals surface area contributed by atoms with Crippen molar-refractivity contribution < 1.29 is 29.3 Å². The van der Waals surface area contributed by atoms with Gasteiger partial charge in [0.1, 0.15) is 11.8 Å². The highest BCUT2D eigenvalue weighted by Crippen LogP contribution is 2.27. The number of nitrogens with one attached hydrogen (secondary N) is 1. The molecule has 0 bridgehead atoms. The second-order valence-corrected chi connectivity index (χ2v) is 7.30. The van der Waals surface area contributed by atoms with Crippen LogP contribution in [0.3, 0.4) is 0 Å². The first kappa shape index (κ1) is 25.6. The van der Waals surface area contributed by atoms with Gasteiger partial charge < -0.3 is 24.7 Å². The van der Waals surface area contributed by atoms with E-state index in [1.54, 1.807) is 48.9 Å². The smallest absolute Gasteiger partial charge is 0.180 e. The average molecular weight is 489 g/mol. The van der Waals surface area contributed by atoms with E-state index in [9.17, 15) is 19.8 Å². The Morgan fingerprint density at radius 1 is 0.889 bits per heavy atom. The first-order valence-electron chi connectivity index (χ1n) is 10.6. The lowest BCUT2D eigenvalue weighted by Gasteiger charge is -2.03. The fraction of sp³-hybridized carbons (Fsp3) is 0.115. The molecule has 10 nitrogen and oxygen atoms in total. The van der Waals surface area contributed by atoms with Crippen molar-refractivity contribution in [1.29, 1.82) is 0 Å². The predicted molar refractivity (Wildman–Crippen MR) is 134 cm³/mol. The third-order valence-corrected chi connectivity index (χ3v) is 4.78. The molecule has 0 atom stereocenters. The molecule has 4 rings (SSSR count). The van der Waals surface area contributed by atoms with Gasteiger partial charge in [0.25, 0.3) is 0 Å². The molecular formula is C26H24N4O6. The summed E-state index contributed by atoms with van der Waals surface area (Å²) in [6.45, 7) is 0. The number of imidazole rings is 1. The van der Waals surface area contributed by atoms with Crippen LogP contribution < -0.4 is 9.47 Å². The van der Waals surface area contributed by atoms with Gasteiger partial charge in [-0.1, -0.05) is 24.3 Å². The molecule has 0 aliphatic rings. The van der Waals surface area contributed by atoms with Crippen molar-refractivity contribution in [1.82, 2.24) is 19.9 Å². The summed E-state index contributed by atoms with van der Waals surface area (Å²) < 4.78 is 10.00. The zero-order chi connectivity index (χ0) is 25.9. The van der Waals surface area contributed by atoms with Gasteiger partial charge in [0.15, 0.2) is 40.2 Å². The Kier molecular flexibility index (Phi) is 8.88. The lowest BCUT2D eigenvalue weighted by Crippen LogP contribution is -2.01. The topological polar surface area (TPSA) is 148 Å². The maximum atomic E-state index is 11.9. The van der Waals surface area contributed by atoms with E-state index in [-0.39, 0.29) is 29.5 Å². The lowest BCUT2D eigenvalue weighted by molar-refractivity contribution is -0.121. The molecule has 10 heteroatoms. The molecule has 0 fully saturated rings. The maximum absolute atomic E-state index is 11.9. The number of ketones is 2. The summed E-state index contributed by atoms with van der Waals surface area (Å²) in [6, 6.07) is 9.34. The molecular weight excluding hydrogens is 464 g/mol. The second kappa shape index (κ2) is 12.5. The molecule has 4 aromatic rings. The second-order valence-electron chi connectivity index (χ2n) is 7.30. The minimum atomic E-state index is -0.347. The Bertz CT molecular complexity index is 1310. The molecule has 0 aliphatic heterocycles. The number of hydrogen-bond acceptors (Lipinski definition) is 9. The van der Waals surface area contributed by atoms with Crippen LogP contribution in [-0.2, 0) is 9.59 Å². The quantitative estimate of drug-likeness (QED) is 0.249. The first-order chi connectivity index (χ1) is 17.4. The van der Waals surface area contributed by atoms with E-state index in [4.69, 9.17) is 9.47 Å². The third kappa shape index (κ3) is 7.26. The van der Waals surface area contributed by atoms with Crippen molar-refractivity contribution in [3.05, 3.63) is 78.5 Å². The van der Waals surface area contributed by atoms with Gasteiger partial charge in [-0.2, -0.15) is 0 Å². The number of ether oxygens (including phenoxy) is 2. The van der Waals surface area contributed by atoms with Gasteiger partial charge >= 0.3 is 0 Å².